The first-order valence-corrected chi connectivity index (χ1v) is 6.94. The summed E-state index contributed by atoms with van der Waals surface area (Å²) in [7, 11) is -3.90. The van der Waals surface area contributed by atoms with E-state index in [9.17, 15) is 12.8 Å². The molecule has 19 heavy (non-hydrogen) atoms. The van der Waals surface area contributed by atoms with Crippen LogP contribution in [-0.2, 0) is 10.0 Å². The number of anilines is 2. The number of nitrogens with zero attached hydrogens (tertiary/aromatic N) is 1. The van der Waals surface area contributed by atoms with Gasteiger partial charge in [0.2, 0.25) is 0 Å². The van der Waals surface area contributed by atoms with E-state index in [0.717, 1.165) is 18.2 Å². The van der Waals surface area contributed by atoms with Crippen molar-refractivity contribution in [3.05, 3.63) is 47.4 Å². The number of rotatable bonds is 3. The van der Waals surface area contributed by atoms with E-state index in [-0.39, 0.29) is 21.4 Å². The number of nitrogen functional groups attached to an aromatic ring is 1. The number of halogens is 2. The van der Waals surface area contributed by atoms with Crippen molar-refractivity contribution in [1.82, 2.24) is 4.98 Å². The fourth-order valence-corrected chi connectivity index (χ4v) is 2.94. The molecule has 1 aromatic heterocycles. The van der Waals surface area contributed by atoms with E-state index in [1.165, 1.54) is 18.3 Å². The average molecular weight is 302 g/mol. The van der Waals surface area contributed by atoms with Crippen molar-refractivity contribution in [2.45, 2.75) is 4.90 Å². The highest BCUT2D eigenvalue weighted by Crippen LogP contribution is 2.24. The maximum Gasteiger partial charge on any atom is 0.263 e. The van der Waals surface area contributed by atoms with Gasteiger partial charge in [0.25, 0.3) is 10.0 Å². The molecule has 0 saturated carbocycles. The SMILES string of the molecule is Nc1ccc(NS(=O)(=O)c2ccc(F)cc2Cl)cn1. The van der Waals surface area contributed by atoms with Crippen LogP contribution in [0.4, 0.5) is 15.9 Å². The van der Waals surface area contributed by atoms with Crippen molar-refractivity contribution in [2.75, 3.05) is 10.5 Å². The second-order valence-electron chi connectivity index (χ2n) is 3.65. The summed E-state index contributed by atoms with van der Waals surface area (Å²) in [6.07, 6.45) is 1.27. The van der Waals surface area contributed by atoms with Crippen molar-refractivity contribution in [3.63, 3.8) is 0 Å². The molecule has 0 aliphatic rings. The number of nitrogens with two attached hydrogens (primary N) is 1. The number of sulfonamides is 1. The largest absolute Gasteiger partial charge is 0.384 e. The lowest BCUT2D eigenvalue weighted by Gasteiger charge is -2.09. The van der Waals surface area contributed by atoms with Crippen LogP contribution in [0, 0.1) is 5.82 Å². The van der Waals surface area contributed by atoms with Gasteiger partial charge in [-0.1, -0.05) is 11.6 Å². The second-order valence-corrected chi connectivity index (χ2v) is 5.71. The third kappa shape index (κ3) is 3.12. The molecule has 2 rings (SSSR count). The molecule has 0 amide bonds. The molecule has 0 bridgehead atoms. The number of hydrogen-bond acceptors (Lipinski definition) is 4. The monoisotopic (exact) mass is 301 g/mol. The predicted molar refractivity (Wildman–Crippen MR) is 70.9 cm³/mol. The molecule has 0 saturated heterocycles. The Bertz CT molecular complexity index is 704. The molecular formula is C11H9ClFN3O2S. The summed E-state index contributed by atoms with van der Waals surface area (Å²) in [5, 5.41) is -0.198. The van der Waals surface area contributed by atoms with E-state index in [2.05, 4.69) is 9.71 Å². The normalized spacial score (nSPS) is 11.3. The summed E-state index contributed by atoms with van der Waals surface area (Å²) in [5.74, 6) is -0.346. The van der Waals surface area contributed by atoms with Crippen molar-refractivity contribution in [2.24, 2.45) is 0 Å². The molecule has 8 heteroatoms. The lowest BCUT2D eigenvalue weighted by atomic mass is 10.3. The van der Waals surface area contributed by atoms with Gasteiger partial charge in [0.1, 0.15) is 16.5 Å². The zero-order chi connectivity index (χ0) is 14.0. The highest BCUT2D eigenvalue weighted by molar-refractivity contribution is 7.92. The summed E-state index contributed by atoms with van der Waals surface area (Å²) in [6.45, 7) is 0. The Morgan fingerprint density at radius 2 is 2.00 bits per heavy atom. The van der Waals surface area contributed by atoms with E-state index in [4.69, 9.17) is 17.3 Å². The number of pyridine rings is 1. The molecule has 3 N–H and O–H groups in total. The first-order chi connectivity index (χ1) is 8.88. The van der Waals surface area contributed by atoms with Gasteiger partial charge >= 0.3 is 0 Å². The van der Waals surface area contributed by atoms with Gasteiger partial charge in [-0.15, -0.1) is 0 Å². The Morgan fingerprint density at radius 1 is 1.26 bits per heavy atom. The average Bonchev–Trinajstić information content (AvgIpc) is 2.31. The van der Waals surface area contributed by atoms with Crippen LogP contribution >= 0.6 is 11.6 Å². The Labute approximate surface area is 114 Å². The van der Waals surface area contributed by atoms with E-state index in [0.29, 0.717) is 0 Å². The Kier molecular flexibility index (Phi) is 3.59. The topological polar surface area (TPSA) is 85.1 Å². The quantitative estimate of drug-likeness (QED) is 0.910. The summed E-state index contributed by atoms with van der Waals surface area (Å²) in [6, 6.07) is 5.94. The smallest absolute Gasteiger partial charge is 0.263 e. The summed E-state index contributed by atoms with van der Waals surface area (Å²) in [5.41, 5.74) is 5.62. The molecule has 0 unspecified atom stereocenters. The summed E-state index contributed by atoms with van der Waals surface area (Å²) in [4.78, 5) is 3.54. The van der Waals surface area contributed by atoms with Gasteiger partial charge in [-0.3, -0.25) is 4.72 Å². The number of nitrogens with one attached hydrogen (secondary N) is 1. The number of hydrogen-bond donors (Lipinski definition) is 2. The fourth-order valence-electron chi connectivity index (χ4n) is 1.37. The zero-order valence-electron chi connectivity index (χ0n) is 9.47. The lowest BCUT2D eigenvalue weighted by molar-refractivity contribution is 0.599. The van der Waals surface area contributed by atoms with Crippen LogP contribution in [0.5, 0.6) is 0 Å². The van der Waals surface area contributed by atoms with Crippen LogP contribution in [-0.4, -0.2) is 13.4 Å². The molecule has 5 nitrogen and oxygen atoms in total. The minimum atomic E-state index is -3.90. The lowest BCUT2D eigenvalue weighted by Crippen LogP contribution is -2.13. The van der Waals surface area contributed by atoms with Gasteiger partial charge in [-0.25, -0.2) is 17.8 Å². The maximum atomic E-state index is 12.9. The third-order valence-electron chi connectivity index (χ3n) is 2.22. The van der Waals surface area contributed by atoms with E-state index < -0.39 is 15.8 Å². The molecule has 0 spiro atoms. The highest BCUT2D eigenvalue weighted by Gasteiger charge is 2.18. The highest BCUT2D eigenvalue weighted by atomic mass is 35.5. The van der Waals surface area contributed by atoms with Crippen LogP contribution in [0.15, 0.2) is 41.4 Å². The van der Waals surface area contributed by atoms with E-state index >= 15 is 0 Å². The van der Waals surface area contributed by atoms with Crippen molar-refractivity contribution < 1.29 is 12.8 Å². The molecule has 1 aromatic carbocycles. The standard InChI is InChI=1S/C11H9ClFN3O2S/c12-9-5-7(13)1-3-10(9)19(17,18)16-8-2-4-11(14)15-6-8/h1-6,16H,(H2,14,15). The fraction of sp³-hybridized carbons (Fsp3) is 0. The van der Waals surface area contributed by atoms with Crippen LogP contribution in [0.3, 0.4) is 0 Å². The molecule has 1 heterocycles. The molecule has 0 aliphatic carbocycles. The first kappa shape index (κ1) is 13.6. The van der Waals surface area contributed by atoms with Crippen LogP contribution in [0.25, 0.3) is 0 Å². The van der Waals surface area contributed by atoms with Crippen LogP contribution in [0.2, 0.25) is 5.02 Å². The van der Waals surface area contributed by atoms with Gasteiger partial charge in [-0.2, -0.15) is 0 Å². The third-order valence-corrected chi connectivity index (χ3v) is 4.09. The molecule has 0 aliphatic heterocycles. The van der Waals surface area contributed by atoms with E-state index in [1.54, 1.807) is 0 Å². The predicted octanol–water partition coefficient (Wildman–Crippen LogP) is 2.26. The van der Waals surface area contributed by atoms with Crippen molar-refractivity contribution >= 4 is 33.1 Å². The second kappa shape index (κ2) is 5.02. The molecule has 100 valence electrons. The zero-order valence-corrected chi connectivity index (χ0v) is 11.0. The van der Waals surface area contributed by atoms with Gasteiger partial charge in [0.05, 0.1) is 16.9 Å². The summed E-state index contributed by atoms with van der Waals surface area (Å²) >= 11 is 5.71. The molecule has 2 aromatic rings. The molecule has 0 atom stereocenters. The molecule has 0 fully saturated rings. The van der Waals surface area contributed by atoms with Gasteiger partial charge in [0, 0.05) is 0 Å². The number of aromatic nitrogens is 1. The van der Waals surface area contributed by atoms with Crippen molar-refractivity contribution in [1.29, 1.82) is 0 Å². The van der Waals surface area contributed by atoms with Gasteiger partial charge in [0.15, 0.2) is 0 Å². The Morgan fingerprint density at radius 3 is 2.58 bits per heavy atom. The minimum Gasteiger partial charge on any atom is -0.384 e. The van der Waals surface area contributed by atoms with Crippen LogP contribution in [0.1, 0.15) is 0 Å². The van der Waals surface area contributed by atoms with Gasteiger partial charge < -0.3 is 5.73 Å². The Hall–Kier alpha value is -1.86. The maximum absolute atomic E-state index is 12.9. The molecular weight excluding hydrogens is 293 g/mol. The Balaban J connectivity index is 2.35. The van der Waals surface area contributed by atoms with E-state index in [1.807, 2.05) is 0 Å². The van der Waals surface area contributed by atoms with Crippen molar-refractivity contribution in [3.8, 4) is 0 Å². The van der Waals surface area contributed by atoms with Crippen LogP contribution < -0.4 is 10.5 Å². The number of benzene rings is 1. The minimum absolute atomic E-state index is 0.198. The summed E-state index contributed by atoms with van der Waals surface area (Å²) < 4.78 is 39.2. The molecule has 0 radical (unpaired) electrons. The van der Waals surface area contributed by atoms with Gasteiger partial charge in [-0.05, 0) is 30.3 Å². The first-order valence-electron chi connectivity index (χ1n) is 5.08.